The van der Waals surface area contributed by atoms with E-state index < -0.39 is 0 Å². The number of nitrogens with one attached hydrogen (secondary N) is 1. The quantitative estimate of drug-likeness (QED) is 0.780. The van der Waals surface area contributed by atoms with Gasteiger partial charge in [0.2, 0.25) is 5.91 Å². The zero-order valence-corrected chi connectivity index (χ0v) is 11.3. The minimum atomic E-state index is 0.0756. The largest absolute Gasteiger partial charge is 0.326 e. The molecule has 4 nitrogen and oxygen atoms in total. The summed E-state index contributed by atoms with van der Waals surface area (Å²) in [6.45, 7) is 4.67. The molecular formula is C14H23N3O. The molecule has 0 unspecified atom stereocenters. The normalized spacial score (nSPS) is 10.7. The van der Waals surface area contributed by atoms with Crippen molar-refractivity contribution in [1.82, 2.24) is 4.98 Å². The SMILES string of the molecule is CCCC(CCC)C(=O)Nc1ccc(CN)cn1. The number of hydrogen-bond donors (Lipinski definition) is 2. The van der Waals surface area contributed by atoms with E-state index in [0.717, 1.165) is 31.2 Å². The predicted molar refractivity (Wildman–Crippen MR) is 74.1 cm³/mol. The molecule has 1 aromatic heterocycles. The van der Waals surface area contributed by atoms with Crippen molar-refractivity contribution >= 4 is 11.7 Å². The summed E-state index contributed by atoms with van der Waals surface area (Å²) in [5.41, 5.74) is 6.47. The van der Waals surface area contributed by atoms with Crippen LogP contribution >= 0.6 is 0 Å². The molecule has 4 heteroatoms. The van der Waals surface area contributed by atoms with Crippen LogP contribution in [-0.4, -0.2) is 10.9 Å². The number of amides is 1. The van der Waals surface area contributed by atoms with Crippen molar-refractivity contribution in [2.24, 2.45) is 11.7 Å². The number of aromatic nitrogens is 1. The average Bonchev–Trinajstić information content (AvgIpc) is 2.39. The molecule has 1 rings (SSSR count). The van der Waals surface area contributed by atoms with Gasteiger partial charge in [-0.2, -0.15) is 0 Å². The van der Waals surface area contributed by atoms with Gasteiger partial charge in [-0.3, -0.25) is 4.79 Å². The molecule has 0 bridgehead atoms. The Bertz CT molecular complexity index is 356. The van der Waals surface area contributed by atoms with Crippen LogP contribution in [0.25, 0.3) is 0 Å². The van der Waals surface area contributed by atoms with Crippen molar-refractivity contribution in [3.05, 3.63) is 23.9 Å². The standard InChI is InChI=1S/C14H23N3O/c1-3-5-12(6-4-2)14(18)17-13-8-7-11(9-15)10-16-13/h7-8,10,12H,3-6,9,15H2,1-2H3,(H,16,17,18). The van der Waals surface area contributed by atoms with Crippen LogP contribution in [0, 0.1) is 5.92 Å². The summed E-state index contributed by atoms with van der Waals surface area (Å²) in [6.07, 6.45) is 5.61. The number of rotatable bonds is 7. The first kappa shape index (κ1) is 14.6. The van der Waals surface area contributed by atoms with Crippen LogP contribution in [0.4, 0.5) is 5.82 Å². The number of hydrogen-bond acceptors (Lipinski definition) is 3. The monoisotopic (exact) mass is 249 g/mol. The fourth-order valence-corrected chi connectivity index (χ4v) is 1.95. The van der Waals surface area contributed by atoms with Crippen molar-refractivity contribution < 1.29 is 4.79 Å². The Morgan fingerprint density at radius 1 is 1.33 bits per heavy atom. The smallest absolute Gasteiger partial charge is 0.228 e. The summed E-state index contributed by atoms with van der Waals surface area (Å²) < 4.78 is 0. The lowest BCUT2D eigenvalue weighted by Crippen LogP contribution is -2.23. The van der Waals surface area contributed by atoms with Gasteiger partial charge in [0.15, 0.2) is 0 Å². The van der Waals surface area contributed by atoms with E-state index in [1.807, 2.05) is 6.07 Å². The number of carbonyl (C=O) groups is 1. The lowest BCUT2D eigenvalue weighted by atomic mass is 9.97. The maximum absolute atomic E-state index is 12.1. The lowest BCUT2D eigenvalue weighted by molar-refractivity contribution is -0.120. The minimum absolute atomic E-state index is 0.0756. The summed E-state index contributed by atoms with van der Waals surface area (Å²) >= 11 is 0. The topological polar surface area (TPSA) is 68.0 Å². The van der Waals surface area contributed by atoms with E-state index >= 15 is 0 Å². The number of nitrogens with zero attached hydrogens (tertiary/aromatic N) is 1. The first-order valence-corrected chi connectivity index (χ1v) is 6.67. The van der Waals surface area contributed by atoms with Gasteiger partial charge in [-0.25, -0.2) is 4.98 Å². The van der Waals surface area contributed by atoms with Gasteiger partial charge in [-0.05, 0) is 24.5 Å². The lowest BCUT2D eigenvalue weighted by Gasteiger charge is -2.14. The van der Waals surface area contributed by atoms with Crippen molar-refractivity contribution in [1.29, 1.82) is 0 Å². The van der Waals surface area contributed by atoms with E-state index in [9.17, 15) is 4.79 Å². The van der Waals surface area contributed by atoms with Crippen molar-refractivity contribution in [3.8, 4) is 0 Å². The molecule has 1 amide bonds. The Morgan fingerprint density at radius 2 is 2.00 bits per heavy atom. The molecule has 3 N–H and O–H groups in total. The third kappa shape index (κ3) is 4.45. The molecule has 0 radical (unpaired) electrons. The Morgan fingerprint density at radius 3 is 2.44 bits per heavy atom. The van der Waals surface area contributed by atoms with Crippen LogP contribution in [0.3, 0.4) is 0 Å². The highest BCUT2D eigenvalue weighted by Gasteiger charge is 2.16. The molecular weight excluding hydrogens is 226 g/mol. The molecule has 0 aliphatic heterocycles. The Balaban J connectivity index is 2.60. The molecule has 18 heavy (non-hydrogen) atoms. The number of anilines is 1. The fourth-order valence-electron chi connectivity index (χ4n) is 1.95. The maximum Gasteiger partial charge on any atom is 0.228 e. The van der Waals surface area contributed by atoms with Gasteiger partial charge < -0.3 is 11.1 Å². The molecule has 0 aliphatic carbocycles. The van der Waals surface area contributed by atoms with Crippen molar-refractivity contribution in [2.75, 3.05) is 5.32 Å². The molecule has 1 aromatic rings. The number of nitrogens with two attached hydrogens (primary N) is 1. The van der Waals surface area contributed by atoms with Gasteiger partial charge in [-0.15, -0.1) is 0 Å². The van der Waals surface area contributed by atoms with Crippen molar-refractivity contribution in [2.45, 2.75) is 46.1 Å². The van der Waals surface area contributed by atoms with E-state index in [2.05, 4.69) is 24.1 Å². The Hall–Kier alpha value is -1.42. The molecule has 0 aliphatic rings. The van der Waals surface area contributed by atoms with E-state index in [1.165, 1.54) is 0 Å². The van der Waals surface area contributed by atoms with E-state index in [4.69, 9.17) is 5.73 Å². The molecule has 1 heterocycles. The van der Waals surface area contributed by atoms with Gasteiger partial charge in [0.1, 0.15) is 5.82 Å². The molecule has 0 atom stereocenters. The summed E-state index contributed by atoms with van der Waals surface area (Å²) in [6, 6.07) is 3.69. The summed E-state index contributed by atoms with van der Waals surface area (Å²) in [5.74, 6) is 0.775. The summed E-state index contributed by atoms with van der Waals surface area (Å²) in [7, 11) is 0. The summed E-state index contributed by atoms with van der Waals surface area (Å²) in [4.78, 5) is 16.3. The molecule has 0 aromatic carbocycles. The van der Waals surface area contributed by atoms with Crippen LogP contribution in [-0.2, 0) is 11.3 Å². The molecule has 0 spiro atoms. The predicted octanol–water partition coefficient (Wildman–Crippen LogP) is 2.70. The minimum Gasteiger partial charge on any atom is -0.326 e. The maximum atomic E-state index is 12.1. The first-order valence-electron chi connectivity index (χ1n) is 6.67. The van der Waals surface area contributed by atoms with Gasteiger partial charge >= 0.3 is 0 Å². The van der Waals surface area contributed by atoms with E-state index in [-0.39, 0.29) is 11.8 Å². The molecule has 0 saturated carbocycles. The second-order valence-electron chi connectivity index (χ2n) is 4.52. The molecule has 0 fully saturated rings. The molecule has 100 valence electrons. The van der Waals surface area contributed by atoms with Gasteiger partial charge in [0.05, 0.1) is 0 Å². The highest BCUT2D eigenvalue weighted by molar-refractivity contribution is 5.91. The third-order valence-corrected chi connectivity index (χ3v) is 2.96. The van der Waals surface area contributed by atoms with Gasteiger partial charge in [-0.1, -0.05) is 32.8 Å². The second kappa shape index (κ2) is 7.82. The average molecular weight is 249 g/mol. The third-order valence-electron chi connectivity index (χ3n) is 2.96. The zero-order chi connectivity index (χ0) is 13.4. The molecule has 0 saturated heterocycles. The van der Waals surface area contributed by atoms with E-state index in [0.29, 0.717) is 12.4 Å². The van der Waals surface area contributed by atoms with Crippen LogP contribution in [0.2, 0.25) is 0 Å². The zero-order valence-electron chi connectivity index (χ0n) is 11.3. The van der Waals surface area contributed by atoms with Crippen LogP contribution in [0.5, 0.6) is 0 Å². The van der Waals surface area contributed by atoms with Gasteiger partial charge in [0.25, 0.3) is 0 Å². The second-order valence-corrected chi connectivity index (χ2v) is 4.52. The number of carbonyl (C=O) groups excluding carboxylic acids is 1. The Kier molecular flexibility index (Phi) is 6.36. The first-order chi connectivity index (χ1) is 8.71. The van der Waals surface area contributed by atoms with E-state index in [1.54, 1.807) is 12.3 Å². The summed E-state index contributed by atoms with van der Waals surface area (Å²) in [5, 5.41) is 2.87. The van der Waals surface area contributed by atoms with Crippen LogP contribution < -0.4 is 11.1 Å². The number of pyridine rings is 1. The van der Waals surface area contributed by atoms with Crippen LogP contribution in [0.15, 0.2) is 18.3 Å². The Labute approximate surface area is 109 Å². The van der Waals surface area contributed by atoms with Gasteiger partial charge in [0, 0.05) is 18.7 Å². The van der Waals surface area contributed by atoms with Crippen molar-refractivity contribution in [3.63, 3.8) is 0 Å². The highest BCUT2D eigenvalue weighted by atomic mass is 16.1. The fraction of sp³-hybridized carbons (Fsp3) is 0.571. The van der Waals surface area contributed by atoms with Crippen LogP contribution in [0.1, 0.15) is 45.1 Å². The highest BCUT2D eigenvalue weighted by Crippen LogP contribution is 2.16.